The first kappa shape index (κ1) is 23.1. The number of nitrogens with zero attached hydrogens (tertiary/aromatic N) is 3. The molecule has 0 saturated carbocycles. The van der Waals surface area contributed by atoms with Gasteiger partial charge in [-0.2, -0.15) is 5.26 Å². The molecule has 0 spiro atoms. The molecule has 164 valence electrons. The van der Waals surface area contributed by atoms with E-state index in [4.69, 9.17) is 16.0 Å². The van der Waals surface area contributed by atoms with Crippen molar-refractivity contribution in [1.82, 2.24) is 4.90 Å². The minimum absolute atomic E-state index is 0.00234. The van der Waals surface area contributed by atoms with Gasteiger partial charge in [-0.15, -0.1) is 0 Å². The SMILES string of the molecule is Cc1c(N2C(=O)N3CC[C@H](O[Si](C)(C)C(C)(C)C)[C@H]3[C@H]2C(C)C)ccc(C#N)c1Cl. The highest BCUT2D eigenvalue weighted by Gasteiger charge is 2.56. The van der Waals surface area contributed by atoms with Crippen LogP contribution in [0.25, 0.3) is 0 Å². The Labute approximate surface area is 187 Å². The number of amides is 2. The van der Waals surface area contributed by atoms with Crippen LogP contribution >= 0.6 is 11.6 Å². The number of carbonyl (C=O) groups is 1. The van der Waals surface area contributed by atoms with E-state index in [-0.39, 0.29) is 35.2 Å². The monoisotopic (exact) mass is 447 g/mol. The molecule has 0 N–H and O–H groups in total. The minimum atomic E-state index is -1.96. The lowest BCUT2D eigenvalue weighted by Gasteiger charge is -2.41. The number of urea groups is 1. The van der Waals surface area contributed by atoms with Crippen molar-refractivity contribution < 1.29 is 9.22 Å². The Kier molecular flexibility index (Phi) is 6.05. The van der Waals surface area contributed by atoms with E-state index < -0.39 is 8.32 Å². The molecule has 0 bridgehead atoms. The Morgan fingerprint density at radius 2 is 1.93 bits per heavy atom. The van der Waals surface area contributed by atoms with Crippen LogP contribution in [0.3, 0.4) is 0 Å². The van der Waals surface area contributed by atoms with Crippen LogP contribution in [0.15, 0.2) is 12.1 Å². The van der Waals surface area contributed by atoms with Crippen LogP contribution < -0.4 is 4.90 Å². The Bertz CT molecular complexity index is 888. The predicted molar refractivity (Wildman–Crippen MR) is 125 cm³/mol. The molecule has 0 radical (unpaired) electrons. The molecule has 0 aromatic heterocycles. The van der Waals surface area contributed by atoms with Gasteiger partial charge in [0.2, 0.25) is 0 Å². The molecule has 2 aliphatic rings. The molecule has 2 heterocycles. The van der Waals surface area contributed by atoms with Crippen molar-refractivity contribution >= 4 is 31.6 Å². The van der Waals surface area contributed by atoms with Crippen LogP contribution in [0.1, 0.15) is 52.2 Å². The van der Waals surface area contributed by atoms with E-state index in [1.807, 2.05) is 22.8 Å². The first-order chi connectivity index (χ1) is 13.8. The zero-order valence-corrected chi connectivity index (χ0v) is 21.2. The summed E-state index contributed by atoms with van der Waals surface area (Å²) in [4.78, 5) is 17.4. The van der Waals surface area contributed by atoms with Crippen molar-refractivity contribution in [2.24, 2.45) is 5.92 Å². The number of halogens is 1. The smallest absolute Gasteiger partial charge is 0.325 e. The van der Waals surface area contributed by atoms with Crippen molar-refractivity contribution in [1.29, 1.82) is 5.26 Å². The van der Waals surface area contributed by atoms with Gasteiger partial charge in [0.1, 0.15) is 6.07 Å². The molecule has 0 unspecified atom stereocenters. The quantitative estimate of drug-likeness (QED) is 0.536. The summed E-state index contributed by atoms with van der Waals surface area (Å²) < 4.78 is 6.83. The first-order valence-electron chi connectivity index (χ1n) is 10.8. The predicted octanol–water partition coefficient (Wildman–Crippen LogP) is 5.95. The molecule has 2 saturated heterocycles. The summed E-state index contributed by atoms with van der Waals surface area (Å²) in [6.45, 7) is 18.2. The van der Waals surface area contributed by atoms with E-state index in [1.165, 1.54) is 0 Å². The number of nitriles is 1. The summed E-state index contributed by atoms with van der Waals surface area (Å²) in [6, 6.07) is 5.74. The van der Waals surface area contributed by atoms with Gasteiger partial charge in [0.15, 0.2) is 8.32 Å². The molecule has 1 aromatic rings. The van der Waals surface area contributed by atoms with E-state index in [0.717, 1.165) is 17.7 Å². The molecule has 1 aromatic carbocycles. The fourth-order valence-electron chi connectivity index (χ4n) is 4.50. The maximum atomic E-state index is 13.5. The fourth-order valence-corrected chi connectivity index (χ4v) is 6.06. The maximum absolute atomic E-state index is 13.5. The average Bonchev–Trinajstić information content (AvgIpc) is 3.15. The number of anilines is 1. The molecule has 3 rings (SSSR count). The normalized spacial score (nSPS) is 24.6. The second kappa shape index (κ2) is 7.85. The zero-order chi connectivity index (χ0) is 22.6. The third kappa shape index (κ3) is 3.66. The summed E-state index contributed by atoms with van der Waals surface area (Å²) in [5, 5.41) is 9.84. The molecule has 2 amide bonds. The largest absolute Gasteiger partial charge is 0.412 e. The molecule has 30 heavy (non-hydrogen) atoms. The van der Waals surface area contributed by atoms with Crippen LogP contribution in [0.2, 0.25) is 23.2 Å². The molecule has 0 aliphatic carbocycles. The Morgan fingerprint density at radius 1 is 1.30 bits per heavy atom. The zero-order valence-electron chi connectivity index (χ0n) is 19.4. The van der Waals surface area contributed by atoms with Crippen molar-refractivity contribution in [3.63, 3.8) is 0 Å². The molecule has 5 nitrogen and oxygen atoms in total. The average molecular weight is 448 g/mol. The Hall–Kier alpha value is -1.55. The lowest BCUT2D eigenvalue weighted by Crippen LogP contribution is -2.51. The van der Waals surface area contributed by atoms with Crippen LogP contribution in [0, 0.1) is 24.2 Å². The van der Waals surface area contributed by atoms with Gasteiger partial charge in [0.25, 0.3) is 0 Å². The number of hydrogen-bond donors (Lipinski definition) is 0. The van der Waals surface area contributed by atoms with Gasteiger partial charge in [-0.05, 0) is 55.1 Å². The summed E-state index contributed by atoms with van der Waals surface area (Å²) in [7, 11) is -1.96. The molecular weight excluding hydrogens is 414 g/mol. The standard InChI is InChI=1S/C23H34ClN3O2Si/c1-14(2)20-21-18(29-30(7,8)23(4,5)6)11-12-26(21)22(28)27(20)17-10-9-16(13-25)19(24)15(17)3/h9-10,14,18,20-21H,11-12H2,1-8H3/t18-,20+,21-/m0/s1. The summed E-state index contributed by atoms with van der Waals surface area (Å²) in [5.74, 6) is 0.251. The van der Waals surface area contributed by atoms with Gasteiger partial charge in [-0.1, -0.05) is 46.2 Å². The highest BCUT2D eigenvalue weighted by molar-refractivity contribution is 6.74. The second-order valence-corrected chi connectivity index (χ2v) is 15.6. The third-order valence-electron chi connectivity index (χ3n) is 7.17. The highest BCUT2D eigenvalue weighted by Crippen LogP contribution is 2.45. The van der Waals surface area contributed by atoms with Crippen molar-refractivity contribution in [3.8, 4) is 6.07 Å². The first-order valence-corrected chi connectivity index (χ1v) is 14.1. The highest BCUT2D eigenvalue weighted by atomic mass is 35.5. The van der Waals surface area contributed by atoms with Crippen molar-refractivity contribution in [2.75, 3.05) is 11.4 Å². The number of benzene rings is 1. The Balaban J connectivity index is 2.01. The van der Waals surface area contributed by atoms with Crippen LogP contribution in [0.5, 0.6) is 0 Å². The molecule has 2 fully saturated rings. The van der Waals surface area contributed by atoms with Gasteiger partial charge in [-0.3, -0.25) is 4.90 Å². The van der Waals surface area contributed by atoms with E-state index in [9.17, 15) is 10.1 Å². The van der Waals surface area contributed by atoms with Crippen molar-refractivity contribution in [3.05, 3.63) is 28.3 Å². The fraction of sp³-hybridized carbons (Fsp3) is 0.652. The summed E-state index contributed by atoms with van der Waals surface area (Å²) in [5.41, 5.74) is 2.01. The van der Waals surface area contributed by atoms with E-state index in [0.29, 0.717) is 17.1 Å². The third-order valence-corrected chi connectivity index (χ3v) is 12.2. The number of carbonyl (C=O) groups excluding carboxylic acids is 1. The molecule has 7 heteroatoms. The maximum Gasteiger partial charge on any atom is 0.325 e. The van der Waals surface area contributed by atoms with Crippen LogP contribution in [-0.4, -0.2) is 44.0 Å². The summed E-state index contributed by atoms with van der Waals surface area (Å²) >= 11 is 6.45. The van der Waals surface area contributed by atoms with E-state index in [1.54, 1.807) is 6.07 Å². The van der Waals surface area contributed by atoms with Gasteiger partial charge in [-0.25, -0.2) is 4.79 Å². The molecule has 2 aliphatic heterocycles. The lowest BCUT2D eigenvalue weighted by atomic mass is 9.92. The van der Waals surface area contributed by atoms with Crippen molar-refractivity contribution in [2.45, 2.75) is 84.3 Å². The van der Waals surface area contributed by atoms with Gasteiger partial charge in [0.05, 0.1) is 34.5 Å². The van der Waals surface area contributed by atoms with Crippen LogP contribution in [-0.2, 0) is 4.43 Å². The molecule has 3 atom stereocenters. The van der Waals surface area contributed by atoms with Crippen LogP contribution in [0.4, 0.5) is 10.5 Å². The van der Waals surface area contributed by atoms with Gasteiger partial charge >= 0.3 is 6.03 Å². The summed E-state index contributed by atoms with van der Waals surface area (Å²) in [6.07, 6.45) is 0.925. The Morgan fingerprint density at radius 3 is 2.47 bits per heavy atom. The van der Waals surface area contributed by atoms with E-state index >= 15 is 0 Å². The second-order valence-electron chi connectivity index (χ2n) is 10.5. The van der Waals surface area contributed by atoms with Gasteiger partial charge in [0, 0.05) is 6.54 Å². The minimum Gasteiger partial charge on any atom is -0.412 e. The number of fused-ring (bicyclic) bond motifs is 1. The van der Waals surface area contributed by atoms with E-state index in [2.05, 4.69) is 53.8 Å². The molecular formula is C23H34ClN3O2Si. The number of hydrogen-bond acceptors (Lipinski definition) is 3. The lowest BCUT2D eigenvalue weighted by molar-refractivity contribution is 0.129. The number of rotatable bonds is 4. The van der Waals surface area contributed by atoms with Gasteiger partial charge < -0.3 is 9.33 Å². The topological polar surface area (TPSA) is 56.6 Å².